The number of likely N-dealkylation sites (tertiary alicyclic amines) is 1. The van der Waals surface area contributed by atoms with Crippen LogP contribution in [0.1, 0.15) is 49.7 Å². The van der Waals surface area contributed by atoms with Gasteiger partial charge >= 0.3 is 0 Å². The van der Waals surface area contributed by atoms with Crippen LogP contribution in [-0.4, -0.2) is 49.2 Å². The van der Waals surface area contributed by atoms with Gasteiger partial charge in [0.2, 0.25) is 0 Å². The molecule has 6 heteroatoms. The van der Waals surface area contributed by atoms with Crippen molar-refractivity contribution in [1.82, 2.24) is 23.5 Å². The van der Waals surface area contributed by atoms with Crippen molar-refractivity contribution in [3.05, 3.63) is 53.9 Å². The van der Waals surface area contributed by atoms with Gasteiger partial charge in [-0.1, -0.05) is 25.0 Å². The summed E-state index contributed by atoms with van der Waals surface area (Å²) in [5.74, 6) is 0.781. The normalized spacial score (nSPS) is 19.2. The Morgan fingerprint density at radius 3 is 2.53 bits per heavy atom. The van der Waals surface area contributed by atoms with Crippen LogP contribution in [0.25, 0.3) is 11.0 Å². The number of piperidine rings is 1. The van der Waals surface area contributed by atoms with Gasteiger partial charge in [-0.2, -0.15) is 8.75 Å². The SMILES string of the molecule is c1cncc(CN(Cc2ccc3nsnc3c2)CC2CCN(C3CCCC3)CC2)c1. The molecule has 0 radical (unpaired) electrons. The molecule has 158 valence electrons. The van der Waals surface area contributed by atoms with Gasteiger partial charge in [0.05, 0.1) is 11.7 Å². The first-order valence-corrected chi connectivity index (χ1v) is 12.1. The highest BCUT2D eigenvalue weighted by atomic mass is 32.1. The van der Waals surface area contributed by atoms with Crippen LogP contribution in [0, 0.1) is 5.92 Å². The largest absolute Gasteiger partial charge is 0.300 e. The Morgan fingerprint density at radius 2 is 1.73 bits per heavy atom. The topological polar surface area (TPSA) is 45.2 Å². The molecule has 0 amide bonds. The predicted octanol–water partition coefficient (Wildman–Crippen LogP) is 4.74. The maximum absolute atomic E-state index is 4.43. The highest BCUT2D eigenvalue weighted by molar-refractivity contribution is 7.00. The van der Waals surface area contributed by atoms with Crippen LogP contribution >= 0.6 is 11.7 Å². The van der Waals surface area contributed by atoms with Gasteiger partial charge in [0.25, 0.3) is 0 Å². The molecule has 1 saturated carbocycles. The number of pyridine rings is 1. The third-order valence-electron chi connectivity index (χ3n) is 6.86. The lowest BCUT2D eigenvalue weighted by Gasteiger charge is -2.38. The summed E-state index contributed by atoms with van der Waals surface area (Å²) in [6.45, 7) is 5.62. The molecule has 1 aliphatic heterocycles. The smallest absolute Gasteiger partial charge is 0.105 e. The van der Waals surface area contributed by atoms with Crippen LogP contribution in [0.3, 0.4) is 0 Å². The second-order valence-electron chi connectivity index (χ2n) is 9.04. The molecule has 1 saturated heterocycles. The molecule has 0 atom stereocenters. The van der Waals surface area contributed by atoms with Gasteiger partial charge in [0, 0.05) is 38.1 Å². The molecule has 5 nitrogen and oxygen atoms in total. The molecule has 0 spiro atoms. The van der Waals surface area contributed by atoms with Crippen LogP contribution in [0.4, 0.5) is 0 Å². The quantitative estimate of drug-likeness (QED) is 0.551. The second kappa shape index (κ2) is 9.50. The molecule has 0 unspecified atom stereocenters. The average molecular weight is 422 g/mol. The summed E-state index contributed by atoms with van der Waals surface area (Å²) >= 11 is 1.30. The van der Waals surface area contributed by atoms with Gasteiger partial charge < -0.3 is 4.90 Å². The molecule has 3 aromatic rings. The summed E-state index contributed by atoms with van der Waals surface area (Å²) in [7, 11) is 0. The number of rotatable bonds is 7. The lowest BCUT2D eigenvalue weighted by atomic mass is 9.94. The minimum Gasteiger partial charge on any atom is -0.300 e. The summed E-state index contributed by atoms with van der Waals surface area (Å²) in [6, 6.07) is 11.6. The van der Waals surface area contributed by atoms with E-state index < -0.39 is 0 Å². The van der Waals surface area contributed by atoms with Crippen molar-refractivity contribution in [2.24, 2.45) is 5.92 Å². The molecule has 0 bridgehead atoms. The first-order chi connectivity index (χ1) is 14.8. The fraction of sp³-hybridized carbons (Fsp3) is 0.542. The molecular weight excluding hydrogens is 390 g/mol. The van der Waals surface area contributed by atoms with E-state index >= 15 is 0 Å². The highest BCUT2D eigenvalue weighted by Crippen LogP contribution is 2.28. The van der Waals surface area contributed by atoms with E-state index in [1.165, 1.54) is 74.5 Å². The molecule has 2 fully saturated rings. The minimum atomic E-state index is 0.781. The van der Waals surface area contributed by atoms with E-state index in [0.717, 1.165) is 42.6 Å². The van der Waals surface area contributed by atoms with E-state index in [0.29, 0.717) is 0 Å². The van der Waals surface area contributed by atoms with Crippen molar-refractivity contribution < 1.29 is 0 Å². The van der Waals surface area contributed by atoms with E-state index in [-0.39, 0.29) is 0 Å². The zero-order valence-electron chi connectivity index (χ0n) is 17.6. The van der Waals surface area contributed by atoms with Gasteiger partial charge in [0.1, 0.15) is 11.0 Å². The van der Waals surface area contributed by atoms with Gasteiger partial charge in [-0.25, -0.2) is 0 Å². The average Bonchev–Trinajstić information content (AvgIpc) is 3.47. The van der Waals surface area contributed by atoms with Crippen LogP contribution in [0.2, 0.25) is 0 Å². The van der Waals surface area contributed by atoms with Gasteiger partial charge in [0.15, 0.2) is 0 Å². The van der Waals surface area contributed by atoms with Gasteiger partial charge in [-0.3, -0.25) is 9.88 Å². The maximum Gasteiger partial charge on any atom is 0.105 e. The van der Waals surface area contributed by atoms with E-state index in [2.05, 4.69) is 47.8 Å². The molecular formula is C24H31N5S. The zero-order valence-corrected chi connectivity index (χ0v) is 18.4. The number of hydrogen-bond acceptors (Lipinski definition) is 6. The third kappa shape index (κ3) is 4.88. The van der Waals surface area contributed by atoms with Crippen LogP contribution < -0.4 is 0 Å². The van der Waals surface area contributed by atoms with E-state index in [4.69, 9.17) is 0 Å². The van der Waals surface area contributed by atoms with Crippen molar-refractivity contribution >= 4 is 22.8 Å². The lowest BCUT2D eigenvalue weighted by Crippen LogP contribution is -2.42. The van der Waals surface area contributed by atoms with Crippen molar-refractivity contribution in [2.75, 3.05) is 19.6 Å². The Hall–Kier alpha value is -1.89. The third-order valence-corrected chi connectivity index (χ3v) is 7.42. The fourth-order valence-electron chi connectivity index (χ4n) is 5.25. The van der Waals surface area contributed by atoms with Crippen molar-refractivity contribution in [3.8, 4) is 0 Å². The minimum absolute atomic E-state index is 0.781. The van der Waals surface area contributed by atoms with E-state index in [1.54, 1.807) is 0 Å². The number of fused-ring (bicyclic) bond motifs is 1. The molecule has 2 aromatic heterocycles. The maximum atomic E-state index is 4.43. The number of aromatic nitrogens is 3. The summed E-state index contributed by atoms with van der Waals surface area (Å²) in [6.07, 6.45) is 12.2. The van der Waals surface area contributed by atoms with Crippen molar-refractivity contribution in [2.45, 2.75) is 57.7 Å². The summed E-state index contributed by atoms with van der Waals surface area (Å²) in [5.41, 5.74) is 4.63. The Labute approximate surface area is 183 Å². The monoisotopic (exact) mass is 421 g/mol. The van der Waals surface area contributed by atoms with E-state index in [1.807, 2.05) is 18.5 Å². The number of hydrogen-bond donors (Lipinski definition) is 0. The van der Waals surface area contributed by atoms with Gasteiger partial charge in [-0.15, -0.1) is 0 Å². The number of benzene rings is 1. The summed E-state index contributed by atoms with van der Waals surface area (Å²) in [5, 5.41) is 0. The second-order valence-corrected chi connectivity index (χ2v) is 9.56. The van der Waals surface area contributed by atoms with Crippen LogP contribution in [-0.2, 0) is 13.1 Å². The van der Waals surface area contributed by atoms with Crippen LogP contribution in [0.15, 0.2) is 42.7 Å². The van der Waals surface area contributed by atoms with Crippen molar-refractivity contribution in [1.29, 1.82) is 0 Å². The lowest BCUT2D eigenvalue weighted by molar-refractivity contribution is 0.107. The molecule has 0 N–H and O–H groups in total. The molecule has 5 rings (SSSR count). The van der Waals surface area contributed by atoms with Gasteiger partial charge in [-0.05, 0) is 74.0 Å². The highest BCUT2D eigenvalue weighted by Gasteiger charge is 2.28. The Kier molecular flexibility index (Phi) is 6.34. The predicted molar refractivity (Wildman–Crippen MR) is 122 cm³/mol. The van der Waals surface area contributed by atoms with E-state index in [9.17, 15) is 0 Å². The summed E-state index contributed by atoms with van der Waals surface area (Å²) in [4.78, 5) is 9.71. The molecule has 2 aliphatic rings. The molecule has 30 heavy (non-hydrogen) atoms. The van der Waals surface area contributed by atoms with Crippen LogP contribution in [0.5, 0.6) is 0 Å². The zero-order chi connectivity index (χ0) is 20.2. The molecule has 3 heterocycles. The number of nitrogens with zero attached hydrogens (tertiary/aromatic N) is 5. The molecule has 1 aliphatic carbocycles. The summed E-state index contributed by atoms with van der Waals surface area (Å²) < 4.78 is 8.77. The Balaban J connectivity index is 1.25. The standard InChI is InChI=1S/C24H31N5S/c1-2-6-22(5-1)29-12-9-19(10-13-29)16-28(18-21-4-3-11-25-15-21)17-20-7-8-23-24(14-20)27-30-26-23/h3-4,7-8,11,14-15,19,22H,1-2,5-6,9-10,12-13,16-18H2. The Bertz CT molecular complexity index is 929. The first-order valence-electron chi connectivity index (χ1n) is 11.4. The Morgan fingerprint density at radius 1 is 0.933 bits per heavy atom. The van der Waals surface area contributed by atoms with Crippen molar-refractivity contribution in [3.63, 3.8) is 0 Å². The first kappa shape index (κ1) is 20.0. The fourth-order valence-corrected chi connectivity index (χ4v) is 5.77. The molecule has 1 aromatic carbocycles.